The van der Waals surface area contributed by atoms with Crippen LogP contribution in [-0.2, 0) is 11.2 Å². The predicted molar refractivity (Wildman–Crippen MR) is 85.5 cm³/mol. The van der Waals surface area contributed by atoms with E-state index in [0.717, 1.165) is 17.8 Å². The van der Waals surface area contributed by atoms with E-state index in [1.807, 2.05) is 26.0 Å². The molecular weight excluding hydrogens is 280 g/mol. The van der Waals surface area contributed by atoms with Crippen LogP contribution in [0.2, 0.25) is 0 Å². The molecule has 0 saturated heterocycles. The summed E-state index contributed by atoms with van der Waals surface area (Å²) < 4.78 is 10.6. The van der Waals surface area contributed by atoms with Gasteiger partial charge >= 0.3 is 0 Å². The van der Waals surface area contributed by atoms with E-state index in [9.17, 15) is 4.79 Å². The van der Waals surface area contributed by atoms with Crippen LogP contribution in [0.5, 0.6) is 11.5 Å². The number of methoxy groups -OCH3 is 1. The number of ether oxygens (including phenoxy) is 2. The molecule has 22 heavy (non-hydrogen) atoms. The average Bonchev–Trinajstić information content (AvgIpc) is 2.83. The van der Waals surface area contributed by atoms with Crippen molar-refractivity contribution < 1.29 is 14.3 Å². The Morgan fingerprint density at radius 3 is 2.59 bits per heavy atom. The van der Waals surface area contributed by atoms with Crippen molar-refractivity contribution in [2.45, 2.75) is 20.3 Å². The van der Waals surface area contributed by atoms with Gasteiger partial charge in [-0.2, -0.15) is 0 Å². The van der Waals surface area contributed by atoms with E-state index in [2.05, 4.69) is 16.4 Å². The van der Waals surface area contributed by atoms with E-state index >= 15 is 0 Å². The number of nitrogens with one attached hydrogen (secondary N) is 2. The van der Waals surface area contributed by atoms with E-state index in [-0.39, 0.29) is 12.5 Å². The lowest BCUT2D eigenvalue weighted by Crippen LogP contribution is -2.30. The van der Waals surface area contributed by atoms with Crippen molar-refractivity contribution in [3.05, 3.63) is 47.3 Å². The number of hydrogen-bond donors (Lipinski definition) is 2. The van der Waals surface area contributed by atoms with Crippen LogP contribution in [0.25, 0.3) is 0 Å². The first-order chi connectivity index (χ1) is 10.6. The summed E-state index contributed by atoms with van der Waals surface area (Å²) in [6, 6.07) is 9.37. The molecule has 0 aliphatic rings. The van der Waals surface area contributed by atoms with Gasteiger partial charge in [-0.1, -0.05) is 12.1 Å². The van der Waals surface area contributed by atoms with Crippen molar-refractivity contribution >= 4 is 5.91 Å². The maximum atomic E-state index is 11.8. The molecule has 0 aliphatic carbocycles. The Morgan fingerprint density at radius 1 is 1.23 bits per heavy atom. The van der Waals surface area contributed by atoms with Crippen LogP contribution in [0.3, 0.4) is 0 Å². The number of amides is 1. The Kier molecular flexibility index (Phi) is 5.47. The van der Waals surface area contributed by atoms with Gasteiger partial charge in [-0.3, -0.25) is 4.79 Å². The third-order valence-corrected chi connectivity index (χ3v) is 3.40. The molecule has 2 aromatic rings. The maximum absolute atomic E-state index is 11.8. The quantitative estimate of drug-likeness (QED) is 0.825. The molecule has 0 atom stereocenters. The first-order valence-corrected chi connectivity index (χ1v) is 7.27. The normalized spacial score (nSPS) is 10.3. The fourth-order valence-electron chi connectivity index (χ4n) is 2.31. The monoisotopic (exact) mass is 302 g/mol. The third kappa shape index (κ3) is 4.28. The SMILES string of the molecule is COc1ccccc1OCC(=O)NCCc1cc(C)[nH]c1C. The highest BCUT2D eigenvalue weighted by Gasteiger charge is 2.07. The molecular formula is C17H22N2O3. The summed E-state index contributed by atoms with van der Waals surface area (Å²) >= 11 is 0. The summed E-state index contributed by atoms with van der Waals surface area (Å²) in [6.07, 6.45) is 0.802. The molecule has 0 bridgehead atoms. The van der Waals surface area contributed by atoms with Gasteiger partial charge in [0.15, 0.2) is 18.1 Å². The van der Waals surface area contributed by atoms with Crippen LogP contribution >= 0.6 is 0 Å². The second-order valence-corrected chi connectivity index (χ2v) is 5.14. The lowest BCUT2D eigenvalue weighted by molar-refractivity contribution is -0.123. The lowest BCUT2D eigenvalue weighted by atomic mass is 10.2. The van der Waals surface area contributed by atoms with E-state index in [4.69, 9.17) is 9.47 Å². The first kappa shape index (κ1) is 15.9. The summed E-state index contributed by atoms with van der Waals surface area (Å²) in [5, 5.41) is 2.86. The molecule has 2 N–H and O–H groups in total. The highest BCUT2D eigenvalue weighted by Crippen LogP contribution is 2.25. The zero-order valence-corrected chi connectivity index (χ0v) is 13.2. The number of benzene rings is 1. The molecule has 1 heterocycles. The number of H-pyrrole nitrogens is 1. The largest absolute Gasteiger partial charge is 0.493 e. The van der Waals surface area contributed by atoms with E-state index in [1.54, 1.807) is 19.2 Å². The molecule has 0 unspecified atom stereocenters. The molecule has 0 aliphatic heterocycles. The molecule has 1 aromatic carbocycles. The fraction of sp³-hybridized carbons (Fsp3) is 0.353. The second-order valence-electron chi connectivity index (χ2n) is 5.14. The number of hydrogen-bond acceptors (Lipinski definition) is 3. The van der Waals surface area contributed by atoms with Gasteiger partial charge in [-0.15, -0.1) is 0 Å². The molecule has 5 heteroatoms. The van der Waals surface area contributed by atoms with E-state index in [0.29, 0.717) is 18.0 Å². The lowest BCUT2D eigenvalue weighted by Gasteiger charge is -2.10. The minimum atomic E-state index is -0.143. The molecule has 0 fully saturated rings. The summed E-state index contributed by atoms with van der Waals surface area (Å²) in [5.74, 6) is 1.04. The van der Waals surface area contributed by atoms with Crippen molar-refractivity contribution in [3.8, 4) is 11.5 Å². The second kappa shape index (κ2) is 7.54. The number of aromatic nitrogens is 1. The summed E-state index contributed by atoms with van der Waals surface area (Å²) in [4.78, 5) is 15.1. The first-order valence-electron chi connectivity index (χ1n) is 7.27. The smallest absolute Gasteiger partial charge is 0.257 e. The Morgan fingerprint density at radius 2 is 1.95 bits per heavy atom. The third-order valence-electron chi connectivity index (χ3n) is 3.40. The van der Waals surface area contributed by atoms with Crippen LogP contribution < -0.4 is 14.8 Å². The van der Waals surface area contributed by atoms with Crippen LogP contribution in [-0.4, -0.2) is 31.2 Å². The van der Waals surface area contributed by atoms with Crippen molar-refractivity contribution in [2.75, 3.05) is 20.3 Å². The molecule has 5 nitrogen and oxygen atoms in total. The van der Waals surface area contributed by atoms with Crippen molar-refractivity contribution in [1.29, 1.82) is 0 Å². The van der Waals surface area contributed by atoms with Crippen molar-refractivity contribution in [1.82, 2.24) is 10.3 Å². The number of aryl methyl sites for hydroxylation is 2. The van der Waals surface area contributed by atoms with Crippen LogP contribution in [0, 0.1) is 13.8 Å². The Bertz CT molecular complexity index is 635. The Balaban J connectivity index is 1.75. The standard InChI is InChI=1S/C17H22N2O3/c1-12-10-14(13(2)19-12)8-9-18-17(20)11-22-16-7-5-4-6-15(16)21-3/h4-7,10,19H,8-9,11H2,1-3H3,(H,18,20). The number of rotatable bonds is 7. The average molecular weight is 302 g/mol. The number of aromatic amines is 1. The highest BCUT2D eigenvalue weighted by molar-refractivity contribution is 5.77. The summed E-state index contributed by atoms with van der Waals surface area (Å²) in [5.41, 5.74) is 3.51. The van der Waals surface area contributed by atoms with Gasteiger partial charge in [0.2, 0.25) is 0 Å². The zero-order chi connectivity index (χ0) is 15.9. The van der Waals surface area contributed by atoms with Gasteiger partial charge in [0, 0.05) is 17.9 Å². The number of carbonyl (C=O) groups is 1. The Hall–Kier alpha value is -2.43. The predicted octanol–water partition coefficient (Wildman–Crippen LogP) is 2.38. The molecule has 2 rings (SSSR count). The molecule has 118 valence electrons. The zero-order valence-electron chi connectivity index (χ0n) is 13.2. The number of para-hydroxylation sites is 2. The minimum Gasteiger partial charge on any atom is -0.493 e. The molecule has 1 aromatic heterocycles. The van der Waals surface area contributed by atoms with Gasteiger partial charge in [0.25, 0.3) is 5.91 Å². The van der Waals surface area contributed by atoms with E-state index in [1.165, 1.54) is 5.56 Å². The number of carbonyl (C=O) groups excluding carboxylic acids is 1. The van der Waals surface area contributed by atoms with Gasteiger partial charge in [-0.05, 0) is 44.0 Å². The van der Waals surface area contributed by atoms with Gasteiger partial charge in [0.05, 0.1) is 7.11 Å². The van der Waals surface area contributed by atoms with Crippen LogP contribution in [0.4, 0.5) is 0 Å². The minimum absolute atomic E-state index is 0.0223. The van der Waals surface area contributed by atoms with Gasteiger partial charge in [-0.25, -0.2) is 0 Å². The van der Waals surface area contributed by atoms with E-state index < -0.39 is 0 Å². The maximum Gasteiger partial charge on any atom is 0.257 e. The van der Waals surface area contributed by atoms with Crippen LogP contribution in [0.1, 0.15) is 17.0 Å². The van der Waals surface area contributed by atoms with Crippen LogP contribution in [0.15, 0.2) is 30.3 Å². The molecule has 0 radical (unpaired) electrons. The Labute approximate surface area is 130 Å². The molecule has 1 amide bonds. The molecule has 0 spiro atoms. The van der Waals surface area contributed by atoms with Gasteiger partial charge < -0.3 is 19.8 Å². The highest BCUT2D eigenvalue weighted by atomic mass is 16.5. The molecule has 0 saturated carbocycles. The summed E-state index contributed by atoms with van der Waals surface area (Å²) in [7, 11) is 1.57. The summed E-state index contributed by atoms with van der Waals surface area (Å²) in [6.45, 7) is 4.63. The fourth-order valence-corrected chi connectivity index (χ4v) is 2.31. The van der Waals surface area contributed by atoms with Crippen molar-refractivity contribution in [3.63, 3.8) is 0 Å². The van der Waals surface area contributed by atoms with Gasteiger partial charge in [0.1, 0.15) is 0 Å². The topological polar surface area (TPSA) is 63.4 Å². The van der Waals surface area contributed by atoms with Crippen molar-refractivity contribution in [2.24, 2.45) is 0 Å².